The molecule has 4 aromatic carbocycles. The van der Waals surface area contributed by atoms with Crippen LogP contribution in [0.5, 0.6) is 5.75 Å². The number of nitrogens with zero attached hydrogens (tertiary/aromatic N) is 2. The maximum atomic E-state index is 10.2. The van der Waals surface area contributed by atoms with Gasteiger partial charge in [0.2, 0.25) is 0 Å². The number of benzene rings is 4. The van der Waals surface area contributed by atoms with Gasteiger partial charge in [-0.15, -0.1) is 0 Å². The normalized spacial score (nSPS) is 12.9. The van der Waals surface area contributed by atoms with Crippen molar-refractivity contribution in [2.75, 3.05) is 0 Å². The van der Waals surface area contributed by atoms with Gasteiger partial charge in [0.1, 0.15) is 11.6 Å². The van der Waals surface area contributed by atoms with Crippen LogP contribution in [0.1, 0.15) is 43.1 Å². The lowest BCUT2D eigenvalue weighted by atomic mass is 9.91. The summed E-state index contributed by atoms with van der Waals surface area (Å²) >= 11 is 0. The number of phenols is 1. The Hall–Kier alpha value is -4.15. The largest absolute Gasteiger partial charge is 0.508 e. The third kappa shape index (κ3) is 5.87. The van der Waals surface area contributed by atoms with Crippen molar-refractivity contribution in [1.29, 1.82) is 0 Å². The molecule has 192 valence electrons. The van der Waals surface area contributed by atoms with Gasteiger partial charge in [-0.2, -0.15) is 0 Å². The summed E-state index contributed by atoms with van der Waals surface area (Å²) in [6, 6.07) is 39.1. The first-order valence-electron chi connectivity index (χ1n) is 13.4. The molecule has 2 unspecified atom stereocenters. The van der Waals surface area contributed by atoms with Crippen LogP contribution in [0.15, 0.2) is 115 Å². The van der Waals surface area contributed by atoms with E-state index in [4.69, 9.17) is 4.98 Å². The second-order valence-corrected chi connectivity index (χ2v) is 9.97. The second kappa shape index (κ2) is 11.9. The zero-order valence-electron chi connectivity index (χ0n) is 22.1. The van der Waals surface area contributed by atoms with Gasteiger partial charge in [0.25, 0.3) is 0 Å². The fraction of sp³-hybridized carbons (Fsp3) is 0.206. The van der Waals surface area contributed by atoms with Crippen LogP contribution in [0.4, 0.5) is 0 Å². The van der Waals surface area contributed by atoms with E-state index < -0.39 is 0 Å². The molecule has 0 radical (unpaired) electrons. The summed E-state index contributed by atoms with van der Waals surface area (Å²) in [7, 11) is 0. The highest BCUT2D eigenvalue weighted by Gasteiger charge is 2.31. The number of hydrogen-bond acceptors (Lipinski definition) is 3. The smallest absolute Gasteiger partial charge is 0.138 e. The molecule has 1 heterocycles. The SMILES string of the molecule is CCC(C)C(c1[nH]c(-c2ccccc2)nc1-c1ccccc1)N(Cc1ccccc1)Cc1cccc(O)c1. The lowest BCUT2D eigenvalue weighted by molar-refractivity contribution is 0.126. The fourth-order valence-electron chi connectivity index (χ4n) is 5.16. The Balaban J connectivity index is 1.66. The monoisotopic (exact) mass is 501 g/mol. The molecule has 0 saturated heterocycles. The van der Waals surface area contributed by atoms with Crippen LogP contribution >= 0.6 is 0 Å². The Labute approximate surface area is 225 Å². The van der Waals surface area contributed by atoms with E-state index in [1.54, 1.807) is 6.07 Å². The molecular weight excluding hydrogens is 466 g/mol. The van der Waals surface area contributed by atoms with Gasteiger partial charge in [0.05, 0.1) is 17.4 Å². The van der Waals surface area contributed by atoms with Crippen LogP contribution in [0, 0.1) is 5.92 Å². The molecule has 5 aromatic rings. The van der Waals surface area contributed by atoms with Crippen LogP contribution < -0.4 is 0 Å². The van der Waals surface area contributed by atoms with Gasteiger partial charge in [0.15, 0.2) is 0 Å². The van der Waals surface area contributed by atoms with Crippen molar-refractivity contribution in [1.82, 2.24) is 14.9 Å². The minimum absolute atomic E-state index is 0.0720. The van der Waals surface area contributed by atoms with E-state index in [0.717, 1.165) is 46.9 Å². The molecule has 0 aliphatic heterocycles. The van der Waals surface area contributed by atoms with Crippen molar-refractivity contribution in [2.45, 2.75) is 39.4 Å². The Morgan fingerprint density at radius 2 is 1.32 bits per heavy atom. The standard InChI is InChI=1S/C34H35N3O/c1-3-25(2)33(37(23-26-14-7-4-8-15-26)24-27-16-13-21-30(38)22-27)32-31(28-17-9-5-10-18-28)35-34(36-32)29-19-11-6-12-20-29/h4-22,25,33,38H,3,23-24H2,1-2H3,(H,35,36). The van der Waals surface area contributed by atoms with Crippen molar-refractivity contribution in [2.24, 2.45) is 5.92 Å². The Bertz CT molecular complexity index is 1430. The van der Waals surface area contributed by atoms with Crippen molar-refractivity contribution in [3.63, 3.8) is 0 Å². The lowest BCUT2D eigenvalue weighted by Gasteiger charge is -2.36. The summed E-state index contributed by atoms with van der Waals surface area (Å²) in [5, 5.41) is 10.2. The zero-order chi connectivity index (χ0) is 26.3. The number of hydrogen-bond donors (Lipinski definition) is 2. The van der Waals surface area contributed by atoms with Gasteiger partial charge >= 0.3 is 0 Å². The van der Waals surface area contributed by atoms with E-state index in [-0.39, 0.29) is 6.04 Å². The first kappa shape index (κ1) is 25.5. The molecule has 0 amide bonds. The van der Waals surface area contributed by atoms with Crippen LogP contribution in [-0.4, -0.2) is 20.0 Å². The molecule has 0 fully saturated rings. The average molecular weight is 502 g/mol. The third-order valence-corrected chi connectivity index (χ3v) is 7.22. The molecule has 5 rings (SSSR count). The maximum Gasteiger partial charge on any atom is 0.138 e. The highest BCUT2D eigenvalue weighted by atomic mass is 16.3. The van der Waals surface area contributed by atoms with Gasteiger partial charge in [0, 0.05) is 24.2 Å². The predicted octanol–water partition coefficient (Wildman–Crippen LogP) is 8.24. The van der Waals surface area contributed by atoms with E-state index >= 15 is 0 Å². The van der Waals surface area contributed by atoms with E-state index in [2.05, 4.69) is 109 Å². The number of aromatic amines is 1. The molecule has 0 aliphatic rings. The highest BCUT2D eigenvalue weighted by molar-refractivity contribution is 5.68. The number of imidazole rings is 1. The topological polar surface area (TPSA) is 52.2 Å². The van der Waals surface area contributed by atoms with Crippen molar-refractivity contribution in [3.8, 4) is 28.4 Å². The molecule has 0 saturated carbocycles. The number of H-pyrrole nitrogens is 1. The quantitative estimate of drug-likeness (QED) is 0.203. The number of nitrogens with one attached hydrogen (secondary N) is 1. The minimum Gasteiger partial charge on any atom is -0.508 e. The number of aromatic hydroxyl groups is 1. The van der Waals surface area contributed by atoms with Crippen LogP contribution in [0.25, 0.3) is 22.6 Å². The summed E-state index contributed by atoms with van der Waals surface area (Å²) in [5.74, 6) is 1.52. The van der Waals surface area contributed by atoms with Crippen molar-refractivity contribution >= 4 is 0 Å². The molecule has 1 aromatic heterocycles. The molecule has 38 heavy (non-hydrogen) atoms. The molecule has 4 nitrogen and oxygen atoms in total. The van der Waals surface area contributed by atoms with E-state index in [0.29, 0.717) is 18.2 Å². The van der Waals surface area contributed by atoms with Crippen LogP contribution in [0.3, 0.4) is 0 Å². The van der Waals surface area contributed by atoms with Gasteiger partial charge in [-0.05, 0) is 29.2 Å². The second-order valence-electron chi connectivity index (χ2n) is 9.97. The summed E-state index contributed by atoms with van der Waals surface area (Å²) in [5.41, 5.74) is 6.63. The van der Waals surface area contributed by atoms with Gasteiger partial charge < -0.3 is 10.1 Å². The van der Waals surface area contributed by atoms with Gasteiger partial charge in [-0.1, -0.05) is 123 Å². The zero-order valence-corrected chi connectivity index (χ0v) is 22.1. The molecule has 2 N–H and O–H groups in total. The number of aromatic nitrogens is 2. The van der Waals surface area contributed by atoms with Gasteiger partial charge in [-0.25, -0.2) is 4.98 Å². The number of phenolic OH excluding ortho intramolecular Hbond substituents is 1. The fourth-order valence-corrected chi connectivity index (χ4v) is 5.16. The first-order chi connectivity index (χ1) is 18.6. The van der Waals surface area contributed by atoms with E-state index in [1.165, 1.54) is 5.56 Å². The highest BCUT2D eigenvalue weighted by Crippen LogP contribution is 2.39. The Morgan fingerprint density at radius 3 is 1.95 bits per heavy atom. The van der Waals surface area contributed by atoms with E-state index in [9.17, 15) is 5.11 Å². The number of rotatable bonds is 10. The third-order valence-electron chi connectivity index (χ3n) is 7.22. The lowest BCUT2D eigenvalue weighted by Crippen LogP contribution is -2.33. The molecule has 0 spiro atoms. The molecule has 2 atom stereocenters. The molecule has 4 heteroatoms. The predicted molar refractivity (Wildman–Crippen MR) is 155 cm³/mol. The summed E-state index contributed by atoms with van der Waals surface area (Å²) in [6.45, 7) is 6.05. The Morgan fingerprint density at radius 1 is 0.737 bits per heavy atom. The summed E-state index contributed by atoms with van der Waals surface area (Å²) in [6.07, 6.45) is 1.02. The average Bonchev–Trinajstić information content (AvgIpc) is 3.39. The minimum atomic E-state index is 0.0720. The molecule has 0 aliphatic carbocycles. The summed E-state index contributed by atoms with van der Waals surface area (Å²) in [4.78, 5) is 11.5. The molecular formula is C34H35N3O. The maximum absolute atomic E-state index is 10.2. The van der Waals surface area contributed by atoms with Crippen molar-refractivity contribution in [3.05, 3.63) is 132 Å². The van der Waals surface area contributed by atoms with Crippen LogP contribution in [0.2, 0.25) is 0 Å². The molecule has 0 bridgehead atoms. The Kier molecular flexibility index (Phi) is 8.01. The van der Waals surface area contributed by atoms with Gasteiger partial charge in [-0.3, -0.25) is 4.90 Å². The first-order valence-corrected chi connectivity index (χ1v) is 13.4. The summed E-state index contributed by atoms with van der Waals surface area (Å²) < 4.78 is 0. The van der Waals surface area contributed by atoms with Crippen LogP contribution in [-0.2, 0) is 13.1 Å². The van der Waals surface area contributed by atoms with E-state index in [1.807, 2.05) is 24.3 Å². The van der Waals surface area contributed by atoms with Crippen molar-refractivity contribution < 1.29 is 5.11 Å².